The minimum absolute atomic E-state index is 0.00947. The SMILES string of the molecule is Cc1csc(N2NC(c3cccc([N+](=O)[O-])c3)=NN2c2cc(Cl)cc(Cl)c2)c1. The Kier molecular flexibility index (Phi) is 4.84. The third kappa shape index (κ3) is 3.62. The number of hydrogen-bond donors (Lipinski definition) is 1. The molecule has 1 N–H and O–H groups in total. The molecular formula is C18H13Cl2N5O2S. The molecule has 2 aromatic carbocycles. The highest BCUT2D eigenvalue weighted by Crippen LogP contribution is 2.33. The number of nitrogens with one attached hydrogen (secondary N) is 1. The number of non-ortho nitro benzene ring substituents is 1. The van der Waals surface area contributed by atoms with E-state index in [2.05, 4.69) is 10.5 Å². The zero-order valence-electron chi connectivity index (χ0n) is 14.5. The molecule has 0 radical (unpaired) electrons. The third-order valence-corrected chi connectivity index (χ3v) is 5.39. The van der Waals surface area contributed by atoms with Crippen LogP contribution in [0.3, 0.4) is 0 Å². The third-order valence-electron chi connectivity index (χ3n) is 3.93. The van der Waals surface area contributed by atoms with Gasteiger partial charge in [0.15, 0.2) is 5.84 Å². The molecule has 1 aliphatic heterocycles. The van der Waals surface area contributed by atoms with Crippen molar-refractivity contribution in [1.29, 1.82) is 0 Å². The molecule has 1 aromatic heterocycles. The standard InChI is InChI=1S/C18H13Cl2N5O2S/c1-11-5-17(28-10-11)24-22-18(12-3-2-4-15(6-12)25(26)27)21-23(24)16-8-13(19)7-14(20)9-16/h2-10H,1H3,(H,21,22). The molecule has 0 saturated heterocycles. The minimum Gasteiger partial charge on any atom is -0.258 e. The molecule has 4 rings (SSSR count). The summed E-state index contributed by atoms with van der Waals surface area (Å²) in [5, 5.41) is 22.9. The normalized spacial score (nSPS) is 13.5. The van der Waals surface area contributed by atoms with Gasteiger partial charge in [0.2, 0.25) is 0 Å². The Morgan fingerprint density at radius 1 is 1.14 bits per heavy atom. The lowest BCUT2D eigenvalue weighted by Crippen LogP contribution is -2.44. The molecule has 10 heteroatoms. The first-order chi connectivity index (χ1) is 13.4. The number of nitro benzene ring substituents is 1. The monoisotopic (exact) mass is 433 g/mol. The highest BCUT2D eigenvalue weighted by Gasteiger charge is 2.28. The van der Waals surface area contributed by atoms with Crippen molar-refractivity contribution < 1.29 is 4.92 Å². The highest BCUT2D eigenvalue weighted by molar-refractivity contribution is 7.14. The van der Waals surface area contributed by atoms with Gasteiger partial charge in [-0.3, -0.25) is 15.5 Å². The van der Waals surface area contributed by atoms with E-state index in [1.54, 1.807) is 40.6 Å². The van der Waals surface area contributed by atoms with Gasteiger partial charge in [-0.2, -0.15) is 5.12 Å². The fraction of sp³-hybridized carbons (Fsp3) is 0.0556. The van der Waals surface area contributed by atoms with Crippen molar-refractivity contribution in [2.45, 2.75) is 6.92 Å². The van der Waals surface area contributed by atoms with E-state index in [1.807, 2.05) is 18.4 Å². The highest BCUT2D eigenvalue weighted by atomic mass is 35.5. The summed E-state index contributed by atoms with van der Waals surface area (Å²) in [5.41, 5.74) is 5.53. The molecule has 0 bridgehead atoms. The van der Waals surface area contributed by atoms with E-state index in [1.165, 1.54) is 23.5 Å². The van der Waals surface area contributed by atoms with Crippen molar-refractivity contribution in [3.63, 3.8) is 0 Å². The van der Waals surface area contributed by atoms with Crippen LogP contribution in [0.5, 0.6) is 0 Å². The second-order valence-corrected chi connectivity index (χ2v) is 7.82. The minimum atomic E-state index is -0.437. The number of anilines is 2. The van der Waals surface area contributed by atoms with Gasteiger partial charge in [0.05, 0.1) is 10.6 Å². The molecule has 142 valence electrons. The van der Waals surface area contributed by atoms with Crippen LogP contribution in [0.15, 0.2) is 59.0 Å². The fourth-order valence-electron chi connectivity index (χ4n) is 2.70. The van der Waals surface area contributed by atoms with E-state index >= 15 is 0 Å². The number of halogens is 2. The maximum absolute atomic E-state index is 11.1. The Morgan fingerprint density at radius 3 is 2.54 bits per heavy atom. The summed E-state index contributed by atoms with van der Waals surface area (Å²) >= 11 is 13.9. The maximum Gasteiger partial charge on any atom is 0.270 e. The van der Waals surface area contributed by atoms with E-state index in [9.17, 15) is 10.1 Å². The molecule has 7 nitrogen and oxygen atoms in total. The maximum atomic E-state index is 11.1. The van der Waals surface area contributed by atoms with E-state index in [0.717, 1.165) is 10.6 Å². The summed E-state index contributed by atoms with van der Waals surface area (Å²) in [6.45, 7) is 2.00. The van der Waals surface area contributed by atoms with E-state index < -0.39 is 4.92 Å². The molecule has 0 amide bonds. The number of thiophene rings is 1. The molecule has 0 atom stereocenters. The van der Waals surface area contributed by atoms with E-state index in [4.69, 9.17) is 23.2 Å². The number of benzene rings is 2. The van der Waals surface area contributed by atoms with Crippen molar-refractivity contribution >= 4 is 56.8 Å². The predicted molar refractivity (Wildman–Crippen MR) is 113 cm³/mol. The van der Waals surface area contributed by atoms with Crippen LogP contribution in [-0.4, -0.2) is 10.8 Å². The van der Waals surface area contributed by atoms with Gasteiger partial charge in [-0.05, 0) is 42.1 Å². The lowest BCUT2D eigenvalue weighted by molar-refractivity contribution is -0.384. The first-order valence-corrected chi connectivity index (χ1v) is 9.76. The topological polar surface area (TPSA) is 74.0 Å². The number of amidine groups is 1. The van der Waals surface area contributed by atoms with Crippen molar-refractivity contribution in [2.75, 3.05) is 10.2 Å². The summed E-state index contributed by atoms with van der Waals surface area (Å²) in [7, 11) is 0. The van der Waals surface area contributed by atoms with Crippen LogP contribution >= 0.6 is 34.5 Å². The first kappa shape index (κ1) is 18.5. The number of rotatable bonds is 4. The lowest BCUT2D eigenvalue weighted by atomic mass is 10.2. The Hall–Kier alpha value is -2.81. The van der Waals surface area contributed by atoms with Crippen LogP contribution in [0.1, 0.15) is 11.1 Å². The Labute approximate surface area is 174 Å². The molecule has 2 heterocycles. The summed E-state index contributed by atoms with van der Waals surface area (Å²) in [5.74, 6) is 0.464. The Morgan fingerprint density at radius 2 is 1.89 bits per heavy atom. The molecule has 0 unspecified atom stereocenters. The lowest BCUT2D eigenvalue weighted by Gasteiger charge is -2.26. The Bertz CT molecular complexity index is 1080. The van der Waals surface area contributed by atoms with Crippen molar-refractivity contribution in [3.8, 4) is 0 Å². The predicted octanol–water partition coefficient (Wildman–Crippen LogP) is 5.38. The Balaban J connectivity index is 1.78. The number of hydrazone groups is 1. The number of nitrogens with zero attached hydrogens (tertiary/aromatic N) is 4. The van der Waals surface area contributed by atoms with E-state index in [0.29, 0.717) is 27.1 Å². The van der Waals surface area contributed by atoms with Gasteiger partial charge in [0.1, 0.15) is 5.00 Å². The number of hydrogen-bond acceptors (Lipinski definition) is 7. The summed E-state index contributed by atoms with van der Waals surface area (Å²) in [6.07, 6.45) is 0. The largest absolute Gasteiger partial charge is 0.270 e. The molecule has 1 aliphatic rings. The average Bonchev–Trinajstić information content (AvgIpc) is 3.27. The van der Waals surface area contributed by atoms with Crippen LogP contribution < -0.4 is 15.7 Å². The van der Waals surface area contributed by atoms with Crippen molar-refractivity contribution in [1.82, 2.24) is 5.43 Å². The molecule has 0 fully saturated rings. The average molecular weight is 434 g/mol. The van der Waals surface area contributed by atoms with Crippen LogP contribution in [0.2, 0.25) is 10.0 Å². The molecular weight excluding hydrogens is 421 g/mol. The summed E-state index contributed by atoms with van der Waals surface area (Å²) in [6, 6.07) is 13.4. The first-order valence-electron chi connectivity index (χ1n) is 8.12. The van der Waals surface area contributed by atoms with Crippen molar-refractivity contribution in [2.24, 2.45) is 5.10 Å². The zero-order chi connectivity index (χ0) is 19.8. The van der Waals surface area contributed by atoms with Gasteiger partial charge in [-0.1, -0.05) is 35.3 Å². The molecule has 0 aliphatic carbocycles. The van der Waals surface area contributed by atoms with Crippen molar-refractivity contribution in [3.05, 3.63) is 85.2 Å². The van der Waals surface area contributed by atoms with Crippen LogP contribution in [-0.2, 0) is 0 Å². The summed E-state index contributed by atoms with van der Waals surface area (Å²) in [4.78, 5) is 10.7. The second-order valence-electron chi connectivity index (χ2n) is 6.06. The van der Waals surface area contributed by atoms with Crippen LogP contribution in [0.4, 0.5) is 16.4 Å². The van der Waals surface area contributed by atoms with Gasteiger partial charge in [-0.15, -0.1) is 21.6 Å². The van der Waals surface area contributed by atoms with Crippen LogP contribution in [0.25, 0.3) is 0 Å². The van der Waals surface area contributed by atoms with E-state index in [-0.39, 0.29) is 5.69 Å². The van der Waals surface area contributed by atoms with Gasteiger partial charge < -0.3 is 0 Å². The van der Waals surface area contributed by atoms with Crippen LogP contribution in [0, 0.1) is 17.0 Å². The molecule has 0 saturated carbocycles. The van der Waals surface area contributed by atoms with Gasteiger partial charge >= 0.3 is 0 Å². The summed E-state index contributed by atoms with van der Waals surface area (Å²) < 4.78 is 0. The van der Waals surface area contributed by atoms with Gasteiger partial charge in [0, 0.05) is 27.7 Å². The zero-order valence-corrected chi connectivity index (χ0v) is 16.8. The van der Waals surface area contributed by atoms with Gasteiger partial charge in [-0.25, -0.2) is 0 Å². The quantitative estimate of drug-likeness (QED) is 0.441. The molecule has 0 spiro atoms. The number of aryl methyl sites for hydroxylation is 1. The molecule has 3 aromatic rings. The smallest absolute Gasteiger partial charge is 0.258 e. The fourth-order valence-corrected chi connectivity index (χ4v) is 4.07. The second kappa shape index (κ2) is 7.31. The van der Waals surface area contributed by atoms with Gasteiger partial charge in [0.25, 0.3) is 5.69 Å². The number of nitro groups is 1. The number of hydrazine groups is 2. The molecule has 28 heavy (non-hydrogen) atoms.